The Balaban J connectivity index is 1.57. The fraction of sp³-hybridized carbons (Fsp3) is 0.889. The van der Waals surface area contributed by atoms with Crippen molar-refractivity contribution in [3.63, 3.8) is 0 Å². The SMILES string of the molecule is N#C[C@@H]1CCCCN1C(=O)[C@@H](N)C12C[C@@H]3C[C@@H](CC(O)(C3)C1)C2. The van der Waals surface area contributed by atoms with Gasteiger partial charge in [0.1, 0.15) is 6.04 Å². The number of hydrogen-bond donors (Lipinski definition) is 2. The lowest BCUT2D eigenvalue weighted by Crippen LogP contribution is -2.65. The molecule has 5 nitrogen and oxygen atoms in total. The van der Waals surface area contributed by atoms with Crippen LogP contribution in [0.5, 0.6) is 0 Å². The van der Waals surface area contributed by atoms with Crippen molar-refractivity contribution in [3.8, 4) is 6.07 Å². The molecule has 1 heterocycles. The molecule has 0 aromatic heterocycles. The molecular weight excluding hydrogens is 290 g/mol. The molecule has 1 aliphatic heterocycles. The first-order valence-corrected chi connectivity index (χ1v) is 9.13. The molecule has 23 heavy (non-hydrogen) atoms. The first-order chi connectivity index (χ1) is 10.9. The second kappa shape index (κ2) is 5.19. The van der Waals surface area contributed by atoms with E-state index in [1.807, 2.05) is 0 Å². The summed E-state index contributed by atoms with van der Waals surface area (Å²) >= 11 is 0. The molecule has 126 valence electrons. The van der Waals surface area contributed by atoms with Crippen molar-refractivity contribution in [1.82, 2.24) is 4.90 Å². The Morgan fingerprint density at radius 2 is 1.96 bits per heavy atom. The van der Waals surface area contributed by atoms with E-state index in [2.05, 4.69) is 6.07 Å². The molecule has 5 aliphatic rings. The van der Waals surface area contributed by atoms with E-state index in [1.165, 1.54) is 6.42 Å². The minimum absolute atomic E-state index is 0.0539. The largest absolute Gasteiger partial charge is 0.390 e. The van der Waals surface area contributed by atoms with Crippen LogP contribution in [0.3, 0.4) is 0 Å². The maximum Gasteiger partial charge on any atom is 0.241 e. The average Bonchev–Trinajstić information content (AvgIpc) is 2.51. The van der Waals surface area contributed by atoms with Gasteiger partial charge in [0, 0.05) is 6.54 Å². The van der Waals surface area contributed by atoms with Crippen LogP contribution in [0.1, 0.15) is 57.8 Å². The van der Waals surface area contributed by atoms with Crippen molar-refractivity contribution in [2.75, 3.05) is 6.54 Å². The van der Waals surface area contributed by atoms with E-state index in [9.17, 15) is 15.2 Å². The summed E-state index contributed by atoms with van der Waals surface area (Å²) in [5.74, 6) is 0.989. The van der Waals surface area contributed by atoms with E-state index in [-0.39, 0.29) is 17.4 Å². The third-order valence-electron chi connectivity index (χ3n) is 6.94. The van der Waals surface area contributed by atoms with Gasteiger partial charge in [-0.2, -0.15) is 5.26 Å². The van der Waals surface area contributed by atoms with Gasteiger partial charge in [-0.15, -0.1) is 0 Å². The summed E-state index contributed by atoms with van der Waals surface area (Å²) < 4.78 is 0. The quantitative estimate of drug-likeness (QED) is 0.808. The summed E-state index contributed by atoms with van der Waals surface area (Å²) in [6, 6.07) is 1.39. The van der Waals surface area contributed by atoms with E-state index >= 15 is 0 Å². The minimum atomic E-state index is -0.599. The highest BCUT2D eigenvalue weighted by molar-refractivity contribution is 5.83. The summed E-state index contributed by atoms with van der Waals surface area (Å²) in [6.45, 7) is 0.651. The monoisotopic (exact) mass is 317 g/mol. The number of likely N-dealkylation sites (tertiary alicyclic amines) is 1. The molecule has 4 saturated carbocycles. The standard InChI is InChI=1S/C18H27N3O2/c19-10-14-3-1-2-4-21(14)16(22)15(20)17-6-12-5-13(7-17)9-18(23,8-12)11-17/h12-15,23H,1-9,11,20H2/t12-,13+,14-,15+,17?,18?/m0/s1. The van der Waals surface area contributed by atoms with E-state index in [0.717, 1.165) is 44.9 Å². The third-order valence-corrected chi connectivity index (χ3v) is 6.94. The summed E-state index contributed by atoms with van der Waals surface area (Å²) in [5, 5.41) is 20.2. The van der Waals surface area contributed by atoms with Crippen molar-refractivity contribution in [2.24, 2.45) is 23.0 Å². The number of piperidine rings is 1. The Morgan fingerprint density at radius 1 is 1.26 bits per heavy atom. The Morgan fingerprint density at radius 3 is 2.57 bits per heavy atom. The number of rotatable bonds is 2. The van der Waals surface area contributed by atoms with Crippen LogP contribution in [-0.2, 0) is 4.79 Å². The van der Waals surface area contributed by atoms with E-state index in [1.54, 1.807) is 4.90 Å². The van der Waals surface area contributed by atoms with Crippen LogP contribution in [0.15, 0.2) is 0 Å². The molecule has 3 N–H and O–H groups in total. The number of nitriles is 1. The molecule has 0 aromatic carbocycles. The summed E-state index contributed by atoms with van der Waals surface area (Å²) in [4.78, 5) is 14.8. The van der Waals surface area contributed by atoms with Crippen LogP contribution < -0.4 is 5.73 Å². The Hall–Kier alpha value is -1.12. The van der Waals surface area contributed by atoms with Crippen molar-refractivity contribution in [1.29, 1.82) is 5.26 Å². The number of aliphatic hydroxyl groups is 1. The van der Waals surface area contributed by atoms with Gasteiger partial charge in [0.2, 0.25) is 5.91 Å². The molecule has 0 aromatic rings. The van der Waals surface area contributed by atoms with Crippen molar-refractivity contribution in [2.45, 2.75) is 75.5 Å². The fourth-order valence-electron chi connectivity index (χ4n) is 6.42. The second-order valence-corrected chi connectivity index (χ2v) is 8.70. The lowest BCUT2D eigenvalue weighted by Gasteiger charge is -2.61. The Kier molecular flexibility index (Phi) is 3.48. The minimum Gasteiger partial charge on any atom is -0.390 e. The van der Waals surface area contributed by atoms with Gasteiger partial charge in [-0.05, 0) is 75.0 Å². The zero-order chi connectivity index (χ0) is 16.2. The van der Waals surface area contributed by atoms with Gasteiger partial charge in [-0.1, -0.05) is 0 Å². The molecule has 1 amide bonds. The Bertz CT molecular complexity index is 541. The van der Waals surface area contributed by atoms with Crippen LogP contribution >= 0.6 is 0 Å². The van der Waals surface area contributed by atoms with Gasteiger partial charge < -0.3 is 15.7 Å². The zero-order valence-electron chi connectivity index (χ0n) is 13.7. The first kappa shape index (κ1) is 15.4. The van der Waals surface area contributed by atoms with Crippen molar-refractivity contribution < 1.29 is 9.90 Å². The van der Waals surface area contributed by atoms with Crippen LogP contribution in [0, 0.1) is 28.6 Å². The molecule has 5 heteroatoms. The maximum atomic E-state index is 13.1. The number of carbonyl (C=O) groups is 1. The molecule has 1 saturated heterocycles. The zero-order valence-corrected chi connectivity index (χ0v) is 13.7. The smallest absolute Gasteiger partial charge is 0.241 e. The van der Waals surface area contributed by atoms with E-state index < -0.39 is 11.6 Å². The highest BCUT2D eigenvalue weighted by Crippen LogP contribution is 2.62. The third kappa shape index (κ3) is 2.38. The fourth-order valence-corrected chi connectivity index (χ4v) is 6.42. The first-order valence-electron chi connectivity index (χ1n) is 9.13. The van der Waals surface area contributed by atoms with Crippen LogP contribution in [0.25, 0.3) is 0 Å². The number of hydrogen-bond acceptors (Lipinski definition) is 4. The van der Waals surface area contributed by atoms with Gasteiger partial charge in [-0.25, -0.2) is 0 Å². The second-order valence-electron chi connectivity index (χ2n) is 8.70. The van der Waals surface area contributed by atoms with Gasteiger partial charge in [0.15, 0.2) is 0 Å². The molecule has 0 spiro atoms. The molecule has 5 rings (SSSR count). The normalized spacial score (nSPS) is 46.5. The Labute approximate surface area is 137 Å². The number of carbonyl (C=O) groups excluding carboxylic acids is 1. The van der Waals surface area contributed by atoms with Crippen LogP contribution in [0.4, 0.5) is 0 Å². The lowest BCUT2D eigenvalue weighted by atomic mass is 9.46. The molecule has 5 fully saturated rings. The molecule has 6 atom stereocenters. The molecule has 4 bridgehead atoms. The molecule has 2 unspecified atom stereocenters. The van der Waals surface area contributed by atoms with Gasteiger partial charge in [-0.3, -0.25) is 4.79 Å². The number of nitrogens with two attached hydrogens (primary N) is 1. The molecular formula is C18H27N3O2. The molecule has 0 radical (unpaired) electrons. The predicted molar refractivity (Wildman–Crippen MR) is 85.0 cm³/mol. The predicted octanol–water partition coefficient (Wildman–Crippen LogP) is 1.55. The lowest BCUT2D eigenvalue weighted by molar-refractivity contribution is -0.177. The van der Waals surface area contributed by atoms with E-state index in [0.29, 0.717) is 24.8 Å². The van der Waals surface area contributed by atoms with Crippen molar-refractivity contribution in [3.05, 3.63) is 0 Å². The average molecular weight is 317 g/mol. The van der Waals surface area contributed by atoms with Crippen LogP contribution in [-0.4, -0.2) is 40.1 Å². The van der Waals surface area contributed by atoms with Gasteiger partial charge in [0.05, 0.1) is 17.7 Å². The summed E-state index contributed by atoms with van der Waals surface area (Å²) in [5.41, 5.74) is 5.67. The van der Waals surface area contributed by atoms with Gasteiger partial charge >= 0.3 is 0 Å². The highest BCUT2D eigenvalue weighted by Gasteiger charge is 2.60. The topological polar surface area (TPSA) is 90.4 Å². The van der Waals surface area contributed by atoms with Crippen LogP contribution in [0.2, 0.25) is 0 Å². The summed E-state index contributed by atoms with van der Waals surface area (Å²) in [7, 11) is 0. The van der Waals surface area contributed by atoms with E-state index in [4.69, 9.17) is 5.73 Å². The highest BCUT2D eigenvalue weighted by atomic mass is 16.3. The summed E-state index contributed by atoms with van der Waals surface area (Å²) in [6.07, 6.45) is 8.31. The molecule has 4 aliphatic carbocycles. The van der Waals surface area contributed by atoms with Gasteiger partial charge in [0.25, 0.3) is 0 Å². The number of nitrogens with zero attached hydrogens (tertiary/aromatic N) is 2. The maximum absolute atomic E-state index is 13.1. The van der Waals surface area contributed by atoms with Crippen molar-refractivity contribution >= 4 is 5.91 Å². The number of amides is 1.